The van der Waals surface area contributed by atoms with Crippen molar-refractivity contribution in [2.75, 3.05) is 52.5 Å². The van der Waals surface area contributed by atoms with Gasteiger partial charge in [0.15, 0.2) is 0 Å². The number of nitrogens with one attached hydrogen (secondary N) is 3. The zero-order valence-corrected chi connectivity index (χ0v) is 24.9. The highest BCUT2D eigenvalue weighted by Gasteiger charge is 2.19. The number of H-pyrrole nitrogens is 1. The molecule has 9 heteroatoms. The fourth-order valence-electron chi connectivity index (χ4n) is 5.12. The van der Waals surface area contributed by atoms with Gasteiger partial charge >= 0.3 is 4.87 Å². The van der Waals surface area contributed by atoms with Crippen LogP contribution in [0.2, 0.25) is 0 Å². The van der Waals surface area contributed by atoms with E-state index in [-0.39, 0.29) is 22.4 Å². The van der Waals surface area contributed by atoms with Crippen LogP contribution >= 0.6 is 11.3 Å². The van der Waals surface area contributed by atoms with Crippen molar-refractivity contribution in [1.82, 2.24) is 20.5 Å². The van der Waals surface area contributed by atoms with Crippen molar-refractivity contribution < 1.29 is 14.6 Å². The Balaban J connectivity index is 1.22. The summed E-state index contributed by atoms with van der Waals surface area (Å²) in [7, 11) is 0. The van der Waals surface area contributed by atoms with Gasteiger partial charge < -0.3 is 30.4 Å². The van der Waals surface area contributed by atoms with Gasteiger partial charge in [-0.15, -0.1) is 0 Å². The number of ether oxygens (including phenoxy) is 1. The average Bonchev–Trinajstić information content (AvgIpc) is 3.39. The minimum absolute atomic E-state index is 0.0291. The number of aromatic hydroxyl groups is 1. The van der Waals surface area contributed by atoms with Gasteiger partial charge in [-0.2, -0.15) is 0 Å². The third kappa shape index (κ3) is 8.63. The lowest BCUT2D eigenvalue weighted by Gasteiger charge is -2.22. The molecule has 0 radical (unpaired) electrons. The van der Waals surface area contributed by atoms with Gasteiger partial charge in [-0.25, -0.2) is 0 Å². The first-order valence-electron chi connectivity index (χ1n) is 14.6. The van der Waals surface area contributed by atoms with Gasteiger partial charge in [-0.3, -0.25) is 9.59 Å². The van der Waals surface area contributed by atoms with E-state index in [1.807, 2.05) is 6.07 Å². The zero-order chi connectivity index (χ0) is 29.0. The molecule has 0 saturated heterocycles. The Morgan fingerprint density at radius 3 is 2.63 bits per heavy atom. The number of aromatic amines is 1. The maximum Gasteiger partial charge on any atom is 0.305 e. The number of phenolic OH excluding ortho intramolecular Hbond substituents is 1. The Bertz CT molecular complexity index is 1460. The van der Waals surface area contributed by atoms with Crippen molar-refractivity contribution in [3.8, 4) is 5.75 Å². The van der Waals surface area contributed by atoms with E-state index in [0.717, 1.165) is 60.5 Å². The number of thiazole rings is 1. The second kappa shape index (κ2) is 15.7. The van der Waals surface area contributed by atoms with Gasteiger partial charge in [0.1, 0.15) is 11.3 Å². The summed E-state index contributed by atoms with van der Waals surface area (Å²) in [5, 5.41) is 18.9. The number of hydrogen-bond acceptors (Lipinski definition) is 7. The van der Waals surface area contributed by atoms with Gasteiger partial charge in [-0.1, -0.05) is 73.7 Å². The number of carbonyl (C=O) groups is 1. The Labute approximate surface area is 245 Å². The summed E-state index contributed by atoms with van der Waals surface area (Å²) in [5.74, 6) is -0.0860. The lowest BCUT2D eigenvalue weighted by Crippen LogP contribution is -2.39. The van der Waals surface area contributed by atoms with Crippen LogP contribution < -0.4 is 15.5 Å². The quantitative estimate of drug-likeness (QED) is 0.139. The van der Waals surface area contributed by atoms with Gasteiger partial charge in [-0.05, 0) is 73.4 Å². The SMILES string of the molecule is CCN(CC)CCC(COCCc1cccc2ccccc12)C(=O)NCCNCCc1ccc(O)c2[nH]c(=O)sc12. The Kier molecular flexibility index (Phi) is 11.7. The zero-order valence-electron chi connectivity index (χ0n) is 24.1. The average molecular weight is 579 g/mol. The van der Waals surface area contributed by atoms with Crippen LogP contribution in [-0.4, -0.2) is 73.4 Å². The van der Waals surface area contributed by atoms with E-state index in [1.54, 1.807) is 6.07 Å². The number of fused-ring (bicyclic) bond motifs is 2. The van der Waals surface area contributed by atoms with Crippen molar-refractivity contribution in [1.29, 1.82) is 0 Å². The maximum atomic E-state index is 13.1. The molecule has 1 atom stereocenters. The number of aromatic nitrogens is 1. The molecule has 220 valence electrons. The van der Waals surface area contributed by atoms with Crippen molar-refractivity contribution in [2.45, 2.75) is 33.1 Å². The van der Waals surface area contributed by atoms with Crippen molar-refractivity contribution in [2.24, 2.45) is 5.92 Å². The molecule has 41 heavy (non-hydrogen) atoms. The molecular weight excluding hydrogens is 536 g/mol. The second-order valence-corrected chi connectivity index (χ2v) is 11.2. The minimum atomic E-state index is -0.204. The summed E-state index contributed by atoms with van der Waals surface area (Å²) >= 11 is 1.11. The first kappa shape index (κ1) is 30.7. The number of amides is 1. The maximum absolute atomic E-state index is 13.1. The number of carbonyl (C=O) groups excluding carboxylic acids is 1. The molecule has 0 spiro atoms. The highest BCUT2D eigenvalue weighted by Crippen LogP contribution is 2.27. The van der Waals surface area contributed by atoms with E-state index in [4.69, 9.17) is 4.74 Å². The summed E-state index contributed by atoms with van der Waals surface area (Å²) in [6, 6.07) is 18.2. The van der Waals surface area contributed by atoms with E-state index in [9.17, 15) is 14.7 Å². The van der Waals surface area contributed by atoms with Crippen LogP contribution in [-0.2, 0) is 22.4 Å². The van der Waals surface area contributed by atoms with Crippen molar-refractivity contribution >= 4 is 38.2 Å². The third-order valence-electron chi connectivity index (χ3n) is 7.58. The highest BCUT2D eigenvalue weighted by molar-refractivity contribution is 7.16. The molecule has 1 amide bonds. The normalized spacial score (nSPS) is 12.4. The van der Waals surface area contributed by atoms with Gasteiger partial charge in [0, 0.05) is 13.1 Å². The lowest BCUT2D eigenvalue weighted by molar-refractivity contribution is -0.127. The molecule has 0 bridgehead atoms. The number of rotatable bonds is 17. The van der Waals surface area contributed by atoms with Crippen LogP contribution in [0.3, 0.4) is 0 Å². The molecular formula is C32H42N4O4S. The number of benzene rings is 3. The molecule has 4 rings (SSSR count). The largest absolute Gasteiger partial charge is 0.506 e. The Hall–Kier alpha value is -3.24. The summed E-state index contributed by atoms with van der Waals surface area (Å²) in [6.45, 7) is 9.92. The topological polar surface area (TPSA) is 107 Å². The van der Waals surface area contributed by atoms with Crippen LogP contribution in [0.25, 0.3) is 21.0 Å². The molecule has 4 N–H and O–H groups in total. The molecule has 8 nitrogen and oxygen atoms in total. The van der Waals surface area contributed by atoms with Gasteiger partial charge in [0.2, 0.25) is 5.91 Å². The van der Waals surface area contributed by atoms with Crippen LogP contribution in [0.15, 0.2) is 59.4 Å². The number of hydrogen-bond donors (Lipinski definition) is 4. The predicted octanol–water partition coefficient (Wildman–Crippen LogP) is 4.30. The highest BCUT2D eigenvalue weighted by atomic mass is 32.1. The first-order chi connectivity index (χ1) is 20.0. The summed E-state index contributed by atoms with van der Waals surface area (Å²) in [5.41, 5.74) is 2.77. The number of nitrogens with zero attached hydrogens (tertiary/aromatic N) is 1. The summed E-state index contributed by atoms with van der Waals surface area (Å²) in [6.07, 6.45) is 2.28. The first-order valence-corrected chi connectivity index (χ1v) is 15.4. The van der Waals surface area contributed by atoms with Gasteiger partial charge in [0.05, 0.1) is 23.8 Å². The van der Waals surface area contributed by atoms with E-state index in [1.165, 1.54) is 16.3 Å². The molecule has 4 aromatic rings. The number of phenols is 1. The van der Waals surface area contributed by atoms with Crippen molar-refractivity contribution in [3.05, 3.63) is 75.4 Å². The van der Waals surface area contributed by atoms with E-state index in [2.05, 4.69) is 76.8 Å². The fourth-order valence-corrected chi connectivity index (χ4v) is 6.02. The summed E-state index contributed by atoms with van der Waals surface area (Å²) < 4.78 is 6.87. The molecule has 0 aliphatic rings. The fraction of sp³-hybridized carbons (Fsp3) is 0.438. The summed E-state index contributed by atoms with van der Waals surface area (Å²) in [4.78, 5) is 29.7. The van der Waals surface area contributed by atoms with Crippen molar-refractivity contribution in [3.63, 3.8) is 0 Å². The predicted molar refractivity (Wildman–Crippen MR) is 168 cm³/mol. The molecule has 0 aliphatic heterocycles. The van der Waals surface area contributed by atoms with E-state index >= 15 is 0 Å². The monoisotopic (exact) mass is 578 g/mol. The van der Waals surface area contributed by atoms with Crippen LogP contribution in [0, 0.1) is 5.92 Å². The molecule has 1 aromatic heterocycles. The van der Waals surface area contributed by atoms with Crippen LogP contribution in [0.4, 0.5) is 0 Å². The molecule has 0 aliphatic carbocycles. The lowest BCUT2D eigenvalue weighted by atomic mass is 10.0. The minimum Gasteiger partial charge on any atom is -0.506 e. The second-order valence-electron chi connectivity index (χ2n) is 10.2. The molecule has 3 aromatic carbocycles. The molecule has 1 heterocycles. The smallest absolute Gasteiger partial charge is 0.305 e. The molecule has 0 saturated carbocycles. The molecule has 0 fully saturated rings. The van der Waals surface area contributed by atoms with Crippen LogP contribution in [0.5, 0.6) is 5.75 Å². The van der Waals surface area contributed by atoms with E-state index < -0.39 is 0 Å². The van der Waals surface area contributed by atoms with Crippen LogP contribution in [0.1, 0.15) is 31.4 Å². The molecule has 1 unspecified atom stereocenters. The third-order valence-corrected chi connectivity index (χ3v) is 8.54. The van der Waals surface area contributed by atoms with Gasteiger partial charge in [0.25, 0.3) is 0 Å². The standard InChI is InChI=1S/C32H42N4O4S/c1-3-36(4-2)20-15-26(22-40-21-16-24-10-7-9-23-8-5-6-11-27(23)24)31(38)34-19-18-33-17-14-25-12-13-28(37)29-30(25)41-32(39)35-29/h5-13,26,33,37H,3-4,14-22H2,1-2H3,(H,34,38)(H,35,39). The Morgan fingerprint density at radius 1 is 1.00 bits per heavy atom. The Morgan fingerprint density at radius 2 is 1.80 bits per heavy atom. The van der Waals surface area contributed by atoms with E-state index in [0.29, 0.717) is 38.4 Å².